The first-order chi connectivity index (χ1) is 4.47. The van der Waals surface area contributed by atoms with Crippen LogP contribution in [0.4, 0.5) is 0 Å². The predicted molar refractivity (Wildman–Crippen MR) is 29.5 cm³/mol. The number of aromatic amines is 1. The van der Waals surface area contributed by atoms with Crippen LogP contribution in [0.5, 0.6) is 0 Å². The summed E-state index contributed by atoms with van der Waals surface area (Å²) in [4.78, 5) is 7.88. The Morgan fingerprint density at radius 2 is 2.30 bits per heavy atom. The van der Waals surface area contributed by atoms with Crippen LogP contribution in [0.3, 0.4) is 0 Å². The zero-order valence-corrected chi connectivity index (χ0v) is 5.78. The van der Waals surface area contributed by atoms with Crippen molar-refractivity contribution < 1.29 is 16.9 Å². The molecule has 0 spiro atoms. The Morgan fingerprint density at radius 3 is 3.10 bits per heavy atom. The van der Waals surface area contributed by atoms with E-state index in [0.29, 0.717) is 5.78 Å². The molecule has 0 unspecified atom stereocenters. The highest BCUT2D eigenvalue weighted by molar-refractivity contribution is 5.10. The number of hydrogen-bond donors (Lipinski definition) is 1. The van der Waals surface area contributed by atoms with E-state index in [4.69, 9.17) is 0 Å². The van der Waals surface area contributed by atoms with Crippen molar-refractivity contribution in [1.29, 1.82) is 0 Å². The van der Waals surface area contributed by atoms with Crippen LogP contribution < -0.4 is 16.9 Å². The molecule has 2 aromatic rings. The van der Waals surface area contributed by atoms with Crippen molar-refractivity contribution >= 4 is 5.78 Å². The minimum absolute atomic E-state index is 0. The van der Waals surface area contributed by atoms with Crippen LogP contribution in [0.2, 0.25) is 0 Å². The van der Waals surface area contributed by atoms with Gasteiger partial charge in [-0.2, -0.15) is 0 Å². The molecule has 2 rings (SSSR count). The molecular formula is C5H5ClN4. The van der Waals surface area contributed by atoms with Crippen LogP contribution >= 0.6 is 0 Å². The van der Waals surface area contributed by atoms with Gasteiger partial charge in [-0.25, -0.2) is 5.10 Å². The van der Waals surface area contributed by atoms with Crippen molar-refractivity contribution in [2.24, 2.45) is 0 Å². The van der Waals surface area contributed by atoms with E-state index in [1.54, 1.807) is 17.0 Å². The van der Waals surface area contributed by atoms with Crippen molar-refractivity contribution in [2.45, 2.75) is 0 Å². The van der Waals surface area contributed by atoms with Gasteiger partial charge in [-0.15, -0.1) is 4.52 Å². The number of aromatic nitrogens is 4. The maximum atomic E-state index is 3.96. The third-order valence-electron chi connectivity index (χ3n) is 1.10. The zero-order chi connectivity index (χ0) is 6.10. The highest BCUT2D eigenvalue weighted by atomic mass is 35.5. The van der Waals surface area contributed by atoms with E-state index in [1.807, 2.05) is 12.3 Å². The van der Waals surface area contributed by atoms with E-state index in [9.17, 15) is 0 Å². The fourth-order valence-corrected chi connectivity index (χ4v) is 0.708. The molecule has 2 heterocycles. The molecule has 52 valence electrons. The number of nitrogens with one attached hydrogen (secondary N) is 1. The quantitative estimate of drug-likeness (QED) is 0.404. The fourth-order valence-electron chi connectivity index (χ4n) is 0.708. The molecule has 0 amide bonds. The zero-order valence-electron chi connectivity index (χ0n) is 5.03. The number of rotatable bonds is 0. The van der Waals surface area contributed by atoms with Crippen LogP contribution in [0.15, 0.2) is 24.8 Å². The van der Waals surface area contributed by atoms with E-state index in [0.717, 1.165) is 0 Å². The van der Waals surface area contributed by atoms with Gasteiger partial charge in [0.05, 0.1) is 6.20 Å². The summed E-state index contributed by atoms with van der Waals surface area (Å²) in [5.74, 6) is 0.692. The summed E-state index contributed by atoms with van der Waals surface area (Å²) in [5.41, 5.74) is 0. The second-order valence-electron chi connectivity index (χ2n) is 1.68. The lowest BCUT2D eigenvalue weighted by Crippen LogP contribution is -3.00. The van der Waals surface area contributed by atoms with Crippen LogP contribution in [-0.2, 0) is 0 Å². The second-order valence-corrected chi connectivity index (χ2v) is 1.68. The molecule has 0 saturated heterocycles. The van der Waals surface area contributed by atoms with Gasteiger partial charge in [0, 0.05) is 6.07 Å². The molecule has 0 fully saturated rings. The minimum Gasteiger partial charge on any atom is -1.00 e. The second kappa shape index (κ2) is 2.62. The average Bonchev–Trinajstić information content (AvgIpc) is 2.33. The van der Waals surface area contributed by atoms with Crippen molar-refractivity contribution in [3.8, 4) is 0 Å². The summed E-state index contributed by atoms with van der Waals surface area (Å²) >= 11 is 0. The van der Waals surface area contributed by atoms with Gasteiger partial charge in [-0.05, 0) is 0 Å². The SMILES string of the molecule is [Cl-].c1cnc2nc[nH][n+]2c1. The fraction of sp³-hybridized carbons (Fsp3) is 0. The maximum Gasteiger partial charge on any atom is 0.456 e. The first-order valence-corrected chi connectivity index (χ1v) is 2.62. The van der Waals surface area contributed by atoms with E-state index in [-0.39, 0.29) is 12.4 Å². The molecule has 0 aromatic carbocycles. The lowest BCUT2D eigenvalue weighted by Gasteiger charge is -1.75. The molecule has 4 nitrogen and oxygen atoms in total. The average molecular weight is 157 g/mol. The van der Waals surface area contributed by atoms with Gasteiger partial charge in [-0.1, -0.05) is 9.97 Å². The molecule has 2 aromatic heterocycles. The Labute approximate surface area is 63.3 Å². The molecular weight excluding hydrogens is 152 g/mol. The first kappa shape index (κ1) is 6.95. The summed E-state index contributed by atoms with van der Waals surface area (Å²) in [6.45, 7) is 0. The monoisotopic (exact) mass is 156 g/mol. The largest absolute Gasteiger partial charge is 1.00 e. The lowest BCUT2D eigenvalue weighted by atomic mass is 10.7. The van der Waals surface area contributed by atoms with Gasteiger partial charge in [0.15, 0.2) is 6.33 Å². The molecule has 0 atom stereocenters. The van der Waals surface area contributed by atoms with Crippen LogP contribution in [-0.4, -0.2) is 15.1 Å². The van der Waals surface area contributed by atoms with E-state index in [2.05, 4.69) is 15.1 Å². The minimum atomic E-state index is 0. The molecule has 0 aliphatic rings. The first-order valence-electron chi connectivity index (χ1n) is 2.62. The van der Waals surface area contributed by atoms with Gasteiger partial charge in [0.25, 0.3) is 0 Å². The molecule has 0 saturated carbocycles. The van der Waals surface area contributed by atoms with Gasteiger partial charge >= 0.3 is 5.78 Å². The molecule has 0 aliphatic heterocycles. The number of nitrogens with zero attached hydrogens (tertiary/aromatic N) is 3. The van der Waals surface area contributed by atoms with Gasteiger partial charge < -0.3 is 12.4 Å². The van der Waals surface area contributed by atoms with E-state index >= 15 is 0 Å². The molecule has 0 radical (unpaired) electrons. The van der Waals surface area contributed by atoms with Crippen LogP contribution in [0, 0.1) is 0 Å². The van der Waals surface area contributed by atoms with Crippen molar-refractivity contribution in [3.05, 3.63) is 24.8 Å². The predicted octanol–water partition coefficient (Wildman–Crippen LogP) is -3.45. The lowest BCUT2D eigenvalue weighted by molar-refractivity contribution is -0.579. The third-order valence-corrected chi connectivity index (χ3v) is 1.10. The smallest absolute Gasteiger partial charge is 0.456 e. The van der Waals surface area contributed by atoms with Crippen molar-refractivity contribution in [2.75, 3.05) is 0 Å². The standard InChI is InChI=1S/C5H4N4.ClH/c1-2-6-5-7-4-8-9(5)3-1;/h1-4H;1H. The van der Waals surface area contributed by atoms with Gasteiger partial charge in [0.1, 0.15) is 6.20 Å². The Morgan fingerprint density at radius 1 is 1.40 bits per heavy atom. The Hall–Kier alpha value is -1.16. The Kier molecular flexibility index (Phi) is 1.82. The van der Waals surface area contributed by atoms with E-state index in [1.165, 1.54) is 0 Å². The number of hydrogen-bond acceptors (Lipinski definition) is 2. The normalized spacial score (nSPS) is 9.20. The number of fused-ring (bicyclic) bond motifs is 1. The number of halogens is 1. The van der Waals surface area contributed by atoms with Gasteiger partial charge in [0.2, 0.25) is 0 Å². The third kappa shape index (κ3) is 0.930. The Bertz CT molecular complexity index is 288. The molecule has 0 aliphatic carbocycles. The summed E-state index contributed by atoms with van der Waals surface area (Å²) < 4.78 is 1.74. The summed E-state index contributed by atoms with van der Waals surface area (Å²) in [5, 5.41) is 2.86. The Balaban J connectivity index is 0.000000500. The van der Waals surface area contributed by atoms with Crippen molar-refractivity contribution in [3.63, 3.8) is 0 Å². The molecule has 1 N–H and O–H groups in total. The molecule has 5 heteroatoms. The summed E-state index contributed by atoms with van der Waals surface area (Å²) in [7, 11) is 0. The summed E-state index contributed by atoms with van der Waals surface area (Å²) in [6.07, 6.45) is 5.16. The molecule has 0 bridgehead atoms. The highest BCUT2D eigenvalue weighted by Gasteiger charge is 1.99. The van der Waals surface area contributed by atoms with Crippen LogP contribution in [0.1, 0.15) is 0 Å². The maximum absolute atomic E-state index is 3.96. The topological polar surface area (TPSA) is 45.7 Å². The summed E-state index contributed by atoms with van der Waals surface area (Å²) in [6, 6.07) is 1.84. The molecule has 10 heavy (non-hydrogen) atoms. The van der Waals surface area contributed by atoms with E-state index < -0.39 is 0 Å². The highest BCUT2D eigenvalue weighted by Crippen LogP contribution is 1.78. The number of H-pyrrole nitrogens is 1. The van der Waals surface area contributed by atoms with Crippen LogP contribution in [0.25, 0.3) is 5.78 Å². The van der Waals surface area contributed by atoms with Gasteiger partial charge in [-0.3, -0.25) is 0 Å². The van der Waals surface area contributed by atoms with Crippen molar-refractivity contribution in [1.82, 2.24) is 15.1 Å².